The molecule has 2 rings (SSSR count). The van der Waals surface area contributed by atoms with Gasteiger partial charge in [-0.1, -0.05) is 6.92 Å². The highest BCUT2D eigenvalue weighted by Gasteiger charge is 2.31. The van der Waals surface area contributed by atoms with Crippen LogP contribution in [-0.4, -0.2) is 67.2 Å². The van der Waals surface area contributed by atoms with Gasteiger partial charge in [0.2, 0.25) is 0 Å². The van der Waals surface area contributed by atoms with Gasteiger partial charge in [-0.15, -0.1) is 11.6 Å². The van der Waals surface area contributed by atoms with Crippen LogP contribution < -0.4 is 0 Å². The van der Waals surface area contributed by atoms with E-state index < -0.39 is 0 Å². The average Bonchev–Trinajstić information content (AvgIpc) is 3.13. The van der Waals surface area contributed by atoms with Gasteiger partial charge in [-0.05, 0) is 19.4 Å². The fourth-order valence-electron chi connectivity index (χ4n) is 2.41. The largest absolute Gasteiger partial charge is 0.374 e. The van der Waals surface area contributed by atoms with E-state index in [4.69, 9.17) is 16.3 Å². The van der Waals surface area contributed by atoms with Gasteiger partial charge in [-0.3, -0.25) is 9.80 Å². The Morgan fingerprint density at radius 2 is 2.25 bits per heavy atom. The minimum absolute atomic E-state index is 0.387. The Balaban J connectivity index is 1.77. The van der Waals surface area contributed by atoms with Crippen LogP contribution in [0.15, 0.2) is 0 Å². The third-order valence-corrected chi connectivity index (χ3v) is 3.71. The van der Waals surface area contributed by atoms with E-state index >= 15 is 0 Å². The van der Waals surface area contributed by atoms with E-state index in [0.717, 1.165) is 51.3 Å². The van der Waals surface area contributed by atoms with Crippen molar-refractivity contribution in [2.45, 2.75) is 31.9 Å². The lowest BCUT2D eigenvalue weighted by Gasteiger charge is -2.35. The van der Waals surface area contributed by atoms with Crippen LogP contribution in [0.1, 0.15) is 19.8 Å². The second kappa shape index (κ2) is 6.20. The summed E-state index contributed by atoms with van der Waals surface area (Å²) in [5, 5.41) is 0. The second-order valence-corrected chi connectivity index (χ2v) is 5.18. The molecule has 2 aliphatic rings. The van der Waals surface area contributed by atoms with Gasteiger partial charge < -0.3 is 4.74 Å². The van der Waals surface area contributed by atoms with Crippen LogP contribution in [0.25, 0.3) is 0 Å². The summed E-state index contributed by atoms with van der Waals surface area (Å²) >= 11 is 5.85. The SMILES string of the molecule is CCN1CCOC(CN(CCCl)C2CC2)C1. The Bertz CT molecular complexity index is 211. The molecule has 16 heavy (non-hydrogen) atoms. The number of hydrogen-bond donors (Lipinski definition) is 0. The second-order valence-electron chi connectivity index (χ2n) is 4.80. The molecule has 1 aliphatic heterocycles. The number of alkyl halides is 1. The minimum atomic E-state index is 0.387. The summed E-state index contributed by atoms with van der Waals surface area (Å²) in [6, 6.07) is 0.791. The standard InChI is InChI=1S/C12H23ClN2O/c1-2-14-7-8-16-12(9-14)10-15(6-5-13)11-3-4-11/h11-12H,2-10H2,1H3. The molecular weight excluding hydrogens is 224 g/mol. The van der Waals surface area contributed by atoms with Gasteiger partial charge in [-0.25, -0.2) is 0 Å². The monoisotopic (exact) mass is 246 g/mol. The smallest absolute Gasteiger partial charge is 0.0829 e. The molecule has 0 bridgehead atoms. The Morgan fingerprint density at radius 1 is 1.44 bits per heavy atom. The number of halogens is 1. The first kappa shape index (κ1) is 12.6. The Labute approximate surface area is 104 Å². The van der Waals surface area contributed by atoms with Crippen LogP contribution in [0, 0.1) is 0 Å². The van der Waals surface area contributed by atoms with Crippen molar-refractivity contribution in [3.8, 4) is 0 Å². The zero-order valence-corrected chi connectivity index (χ0v) is 11.0. The summed E-state index contributed by atoms with van der Waals surface area (Å²) in [4.78, 5) is 4.98. The fraction of sp³-hybridized carbons (Fsp3) is 1.00. The van der Waals surface area contributed by atoms with Crippen molar-refractivity contribution in [3.05, 3.63) is 0 Å². The van der Waals surface area contributed by atoms with E-state index in [1.165, 1.54) is 12.8 Å². The Kier molecular flexibility index (Phi) is 4.89. The quantitative estimate of drug-likeness (QED) is 0.660. The molecule has 1 saturated carbocycles. The summed E-state index contributed by atoms with van der Waals surface area (Å²) in [6.45, 7) is 8.50. The predicted molar refractivity (Wildman–Crippen MR) is 67.2 cm³/mol. The molecule has 1 saturated heterocycles. The van der Waals surface area contributed by atoms with Gasteiger partial charge in [0.15, 0.2) is 0 Å². The van der Waals surface area contributed by atoms with Gasteiger partial charge in [0, 0.05) is 38.1 Å². The molecule has 94 valence electrons. The van der Waals surface area contributed by atoms with Crippen LogP contribution in [-0.2, 0) is 4.74 Å². The molecule has 0 spiro atoms. The summed E-state index contributed by atoms with van der Waals surface area (Å²) in [7, 11) is 0. The van der Waals surface area contributed by atoms with Crippen molar-refractivity contribution < 1.29 is 4.74 Å². The molecule has 0 N–H and O–H groups in total. The van der Waals surface area contributed by atoms with Crippen molar-refractivity contribution in [3.63, 3.8) is 0 Å². The Hall–Kier alpha value is 0.170. The van der Waals surface area contributed by atoms with Crippen LogP contribution in [0.2, 0.25) is 0 Å². The highest BCUT2D eigenvalue weighted by molar-refractivity contribution is 6.18. The first-order valence-electron chi connectivity index (χ1n) is 6.47. The molecule has 0 aromatic heterocycles. The minimum Gasteiger partial charge on any atom is -0.374 e. The molecule has 4 heteroatoms. The fourth-order valence-corrected chi connectivity index (χ4v) is 2.63. The van der Waals surface area contributed by atoms with Crippen molar-refractivity contribution in [1.29, 1.82) is 0 Å². The highest BCUT2D eigenvalue weighted by Crippen LogP contribution is 2.27. The maximum absolute atomic E-state index is 5.85. The first-order valence-corrected chi connectivity index (χ1v) is 7.01. The van der Waals surface area contributed by atoms with Gasteiger partial charge in [-0.2, -0.15) is 0 Å². The lowest BCUT2D eigenvalue weighted by molar-refractivity contribution is -0.0421. The van der Waals surface area contributed by atoms with E-state index in [-0.39, 0.29) is 0 Å². The number of likely N-dealkylation sites (N-methyl/N-ethyl adjacent to an activating group) is 1. The number of rotatable bonds is 6. The normalized spacial score (nSPS) is 27.6. The van der Waals surface area contributed by atoms with E-state index in [9.17, 15) is 0 Å². The van der Waals surface area contributed by atoms with Gasteiger partial charge in [0.1, 0.15) is 0 Å². The van der Waals surface area contributed by atoms with E-state index in [1.54, 1.807) is 0 Å². The van der Waals surface area contributed by atoms with Crippen LogP contribution >= 0.6 is 11.6 Å². The molecule has 1 atom stereocenters. The number of nitrogens with zero attached hydrogens (tertiary/aromatic N) is 2. The van der Waals surface area contributed by atoms with Crippen LogP contribution in [0.4, 0.5) is 0 Å². The zero-order chi connectivity index (χ0) is 11.4. The number of morpholine rings is 1. The van der Waals surface area contributed by atoms with E-state index in [0.29, 0.717) is 6.10 Å². The molecule has 0 radical (unpaired) electrons. The first-order chi connectivity index (χ1) is 7.83. The average molecular weight is 247 g/mol. The number of hydrogen-bond acceptors (Lipinski definition) is 3. The van der Waals surface area contributed by atoms with Gasteiger partial charge >= 0.3 is 0 Å². The third-order valence-electron chi connectivity index (χ3n) is 3.54. The predicted octanol–water partition coefficient (Wildman–Crippen LogP) is 1.41. The molecule has 0 amide bonds. The molecule has 1 aliphatic carbocycles. The summed E-state index contributed by atoms with van der Waals surface area (Å²) in [5.41, 5.74) is 0. The maximum Gasteiger partial charge on any atom is 0.0829 e. The molecule has 1 unspecified atom stereocenters. The molecule has 1 heterocycles. The van der Waals surface area contributed by atoms with Gasteiger partial charge in [0.05, 0.1) is 12.7 Å². The summed E-state index contributed by atoms with van der Waals surface area (Å²) in [6.07, 6.45) is 3.08. The lowest BCUT2D eigenvalue weighted by atomic mass is 10.2. The van der Waals surface area contributed by atoms with Crippen molar-refractivity contribution in [2.24, 2.45) is 0 Å². The molecule has 0 aromatic rings. The number of ether oxygens (including phenoxy) is 1. The zero-order valence-electron chi connectivity index (χ0n) is 10.2. The van der Waals surface area contributed by atoms with Gasteiger partial charge in [0.25, 0.3) is 0 Å². The molecule has 3 nitrogen and oxygen atoms in total. The molecular formula is C12H23ClN2O. The Morgan fingerprint density at radius 3 is 2.88 bits per heavy atom. The van der Waals surface area contributed by atoms with Crippen molar-refractivity contribution in [2.75, 3.05) is 45.2 Å². The lowest BCUT2D eigenvalue weighted by Crippen LogP contribution is -2.48. The van der Waals surface area contributed by atoms with Crippen LogP contribution in [0.3, 0.4) is 0 Å². The summed E-state index contributed by atoms with van der Waals surface area (Å²) < 4.78 is 5.84. The van der Waals surface area contributed by atoms with Crippen LogP contribution in [0.5, 0.6) is 0 Å². The molecule has 0 aromatic carbocycles. The summed E-state index contributed by atoms with van der Waals surface area (Å²) in [5.74, 6) is 0.737. The topological polar surface area (TPSA) is 15.7 Å². The maximum atomic E-state index is 5.85. The van der Waals surface area contributed by atoms with E-state index in [1.807, 2.05) is 0 Å². The van der Waals surface area contributed by atoms with Crippen molar-refractivity contribution in [1.82, 2.24) is 9.80 Å². The van der Waals surface area contributed by atoms with Crippen molar-refractivity contribution >= 4 is 11.6 Å². The highest BCUT2D eigenvalue weighted by atomic mass is 35.5. The molecule has 2 fully saturated rings. The third kappa shape index (κ3) is 3.59. The van der Waals surface area contributed by atoms with E-state index in [2.05, 4.69) is 16.7 Å².